The fourth-order valence-electron chi connectivity index (χ4n) is 2.83. The van der Waals surface area contributed by atoms with Gasteiger partial charge in [0.2, 0.25) is 0 Å². The van der Waals surface area contributed by atoms with Crippen LogP contribution in [0.5, 0.6) is 11.5 Å². The highest BCUT2D eigenvalue weighted by Gasteiger charge is 2.21. The van der Waals surface area contributed by atoms with Crippen molar-refractivity contribution >= 4 is 44.8 Å². The minimum Gasteiger partial charge on any atom is -0.495 e. The van der Waals surface area contributed by atoms with E-state index in [0.717, 1.165) is 5.56 Å². The molecule has 170 valence electrons. The van der Waals surface area contributed by atoms with Crippen molar-refractivity contribution in [3.63, 3.8) is 0 Å². The zero-order chi connectivity index (χ0) is 23.5. The molecule has 1 aromatic heterocycles. The molecule has 32 heavy (non-hydrogen) atoms. The summed E-state index contributed by atoms with van der Waals surface area (Å²) in [5.41, 5.74) is 0.903. The summed E-state index contributed by atoms with van der Waals surface area (Å²) in [7, 11) is 0.470. The van der Waals surface area contributed by atoms with Crippen LogP contribution in [0.2, 0.25) is 10.0 Å². The topological polar surface area (TPSA) is 112 Å². The summed E-state index contributed by atoms with van der Waals surface area (Å²) in [6.07, 6.45) is 3.36. The van der Waals surface area contributed by atoms with Crippen molar-refractivity contribution in [2.75, 3.05) is 18.9 Å². The lowest BCUT2D eigenvalue weighted by Gasteiger charge is -2.15. The highest BCUT2D eigenvalue weighted by molar-refractivity contribution is 7.92. The largest absolute Gasteiger partial charge is 0.495 e. The molecule has 2 aromatic carbocycles. The van der Waals surface area contributed by atoms with Crippen LogP contribution in [0.3, 0.4) is 0 Å². The van der Waals surface area contributed by atoms with E-state index in [1.807, 2.05) is 0 Å². The maximum Gasteiger partial charge on any atom is 0.262 e. The molecule has 0 radical (unpaired) electrons. The summed E-state index contributed by atoms with van der Waals surface area (Å²) < 4.78 is 40.3. The number of nitrogens with one attached hydrogen (secondary N) is 2. The van der Waals surface area contributed by atoms with E-state index in [9.17, 15) is 13.2 Å². The van der Waals surface area contributed by atoms with Gasteiger partial charge in [0.1, 0.15) is 11.5 Å². The highest BCUT2D eigenvalue weighted by Crippen LogP contribution is 2.37. The number of ether oxygens (including phenoxy) is 2. The molecule has 0 saturated heterocycles. The minimum atomic E-state index is -4.10. The van der Waals surface area contributed by atoms with Crippen LogP contribution in [0.4, 0.5) is 5.69 Å². The quantitative estimate of drug-likeness (QED) is 0.491. The third-order valence-electron chi connectivity index (χ3n) is 4.42. The molecule has 2 N–H and O–H groups in total. The van der Waals surface area contributed by atoms with Gasteiger partial charge in [-0.3, -0.25) is 14.2 Å². The Kier molecular flexibility index (Phi) is 7.17. The van der Waals surface area contributed by atoms with Crippen LogP contribution in [0, 0.1) is 0 Å². The van der Waals surface area contributed by atoms with Crippen LogP contribution in [-0.4, -0.2) is 38.3 Å². The Bertz CT molecular complexity index is 1260. The lowest BCUT2D eigenvalue weighted by atomic mass is 10.2. The van der Waals surface area contributed by atoms with Gasteiger partial charge in [-0.1, -0.05) is 23.2 Å². The molecule has 0 bridgehead atoms. The van der Waals surface area contributed by atoms with Crippen LogP contribution in [0.25, 0.3) is 0 Å². The van der Waals surface area contributed by atoms with Crippen molar-refractivity contribution in [2.45, 2.75) is 11.4 Å². The number of nitrogens with zero attached hydrogens (tertiary/aromatic N) is 2. The van der Waals surface area contributed by atoms with Gasteiger partial charge in [-0.25, -0.2) is 8.42 Å². The smallest absolute Gasteiger partial charge is 0.262 e. The van der Waals surface area contributed by atoms with Crippen LogP contribution >= 0.6 is 23.2 Å². The predicted octanol–water partition coefficient (Wildman–Crippen LogP) is 3.47. The Hall–Kier alpha value is -2.95. The Morgan fingerprint density at radius 3 is 2.44 bits per heavy atom. The van der Waals surface area contributed by atoms with E-state index in [4.69, 9.17) is 32.7 Å². The minimum absolute atomic E-state index is 0.0122. The second kappa shape index (κ2) is 9.68. The molecule has 0 atom stereocenters. The molecule has 1 amide bonds. The van der Waals surface area contributed by atoms with E-state index in [0.29, 0.717) is 5.75 Å². The normalized spacial score (nSPS) is 11.2. The highest BCUT2D eigenvalue weighted by atomic mass is 35.5. The maximum absolute atomic E-state index is 13.0. The van der Waals surface area contributed by atoms with Gasteiger partial charge in [-0.05, 0) is 24.3 Å². The number of benzene rings is 2. The predicted molar refractivity (Wildman–Crippen MR) is 121 cm³/mol. The number of hydrogen-bond acceptors (Lipinski definition) is 6. The molecule has 0 saturated carbocycles. The summed E-state index contributed by atoms with van der Waals surface area (Å²) in [5.74, 6) is 0.00438. The number of halogens is 2. The number of aryl methyl sites for hydroxylation is 1. The third-order valence-corrected chi connectivity index (χ3v) is 6.41. The van der Waals surface area contributed by atoms with Crippen molar-refractivity contribution < 1.29 is 22.7 Å². The Morgan fingerprint density at radius 1 is 1.09 bits per heavy atom. The Labute approximate surface area is 195 Å². The first-order chi connectivity index (χ1) is 15.1. The van der Waals surface area contributed by atoms with E-state index in [-0.39, 0.29) is 38.5 Å². The van der Waals surface area contributed by atoms with Crippen LogP contribution in [-0.2, 0) is 23.6 Å². The molecule has 3 aromatic rings. The fourth-order valence-corrected chi connectivity index (χ4v) is 4.36. The van der Waals surface area contributed by atoms with E-state index < -0.39 is 15.9 Å². The molecule has 3 rings (SSSR count). The van der Waals surface area contributed by atoms with Gasteiger partial charge >= 0.3 is 0 Å². The zero-order valence-electron chi connectivity index (χ0n) is 17.3. The van der Waals surface area contributed by atoms with Gasteiger partial charge in [-0.2, -0.15) is 5.10 Å². The molecule has 12 heteroatoms. The van der Waals surface area contributed by atoms with Crippen LogP contribution in [0.15, 0.2) is 47.6 Å². The van der Waals surface area contributed by atoms with Gasteiger partial charge in [0.25, 0.3) is 15.9 Å². The number of amides is 1. The molecule has 0 spiro atoms. The van der Waals surface area contributed by atoms with E-state index >= 15 is 0 Å². The third kappa shape index (κ3) is 5.26. The van der Waals surface area contributed by atoms with Gasteiger partial charge in [0.05, 0.1) is 46.6 Å². The van der Waals surface area contributed by atoms with Crippen LogP contribution in [0.1, 0.15) is 15.9 Å². The molecule has 0 aliphatic rings. The number of sulfonamides is 1. The second-order valence-electron chi connectivity index (χ2n) is 6.64. The zero-order valence-corrected chi connectivity index (χ0v) is 19.7. The standard InChI is InChI=1S/C20H20Cl2N4O5S/c1-26-11-12(10-24-26)9-23-20(27)14-6-13(4-5-15(14)21)32(28,29)25-17-7-16(22)18(30-2)8-19(17)31-3/h4-8,10-11,25H,9H2,1-3H3,(H,23,27). The monoisotopic (exact) mass is 498 g/mol. The summed E-state index contributed by atoms with van der Waals surface area (Å²) >= 11 is 12.3. The van der Waals surface area contributed by atoms with E-state index in [2.05, 4.69) is 15.1 Å². The van der Waals surface area contributed by atoms with Gasteiger partial charge < -0.3 is 14.8 Å². The number of carbonyl (C=O) groups is 1. The average molecular weight is 499 g/mol. The molecule has 1 heterocycles. The van der Waals surface area contributed by atoms with Crippen LogP contribution < -0.4 is 19.5 Å². The molecular weight excluding hydrogens is 479 g/mol. The molecule has 0 aliphatic heterocycles. The van der Waals surface area contributed by atoms with Gasteiger partial charge in [-0.15, -0.1) is 0 Å². The molecule has 9 nitrogen and oxygen atoms in total. The number of rotatable bonds is 8. The number of aromatic nitrogens is 2. The molecular formula is C20H20Cl2N4O5S. The van der Waals surface area contributed by atoms with Crippen molar-refractivity contribution in [3.8, 4) is 11.5 Å². The average Bonchev–Trinajstić information content (AvgIpc) is 3.17. The van der Waals surface area contributed by atoms with Crippen molar-refractivity contribution in [1.29, 1.82) is 0 Å². The Balaban J connectivity index is 1.86. The summed E-state index contributed by atoms with van der Waals surface area (Å²) in [5, 5.41) is 7.02. The molecule has 0 unspecified atom stereocenters. The number of anilines is 1. The lowest BCUT2D eigenvalue weighted by molar-refractivity contribution is 0.0951. The van der Waals surface area contributed by atoms with Crippen molar-refractivity contribution in [3.05, 3.63) is 63.9 Å². The first kappa shape index (κ1) is 23.7. The first-order valence-corrected chi connectivity index (χ1v) is 11.4. The number of carbonyl (C=O) groups excluding carboxylic acids is 1. The van der Waals surface area contributed by atoms with Gasteiger partial charge in [0, 0.05) is 31.4 Å². The fraction of sp³-hybridized carbons (Fsp3) is 0.200. The number of methoxy groups -OCH3 is 2. The van der Waals surface area contributed by atoms with E-state index in [1.165, 1.54) is 44.6 Å². The van der Waals surface area contributed by atoms with E-state index in [1.54, 1.807) is 24.1 Å². The summed E-state index contributed by atoms with van der Waals surface area (Å²) in [4.78, 5) is 12.4. The molecule has 0 aliphatic carbocycles. The first-order valence-electron chi connectivity index (χ1n) is 9.14. The van der Waals surface area contributed by atoms with Gasteiger partial charge in [0.15, 0.2) is 0 Å². The maximum atomic E-state index is 13.0. The summed E-state index contributed by atoms with van der Waals surface area (Å²) in [6.45, 7) is 0.208. The summed E-state index contributed by atoms with van der Waals surface area (Å²) in [6, 6.07) is 6.65. The Morgan fingerprint density at radius 2 is 1.81 bits per heavy atom. The number of hydrogen-bond donors (Lipinski definition) is 2. The van der Waals surface area contributed by atoms with Crippen molar-refractivity contribution in [2.24, 2.45) is 7.05 Å². The second-order valence-corrected chi connectivity index (χ2v) is 9.14. The molecule has 0 fully saturated rings. The SMILES string of the molecule is COc1cc(OC)c(NS(=O)(=O)c2ccc(Cl)c(C(=O)NCc3cnn(C)c3)c2)cc1Cl. The lowest BCUT2D eigenvalue weighted by Crippen LogP contribution is -2.23. The van der Waals surface area contributed by atoms with Crippen molar-refractivity contribution in [1.82, 2.24) is 15.1 Å².